The average Bonchev–Trinajstić information content (AvgIpc) is 2.43. The van der Waals surface area contributed by atoms with Crippen LogP contribution in [0.5, 0.6) is 0 Å². The molecule has 0 radical (unpaired) electrons. The number of nitrogens with two attached hydrogens (primary N) is 1. The smallest absolute Gasteiger partial charge is 0.0870 e. The van der Waals surface area contributed by atoms with Crippen molar-refractivity contribution in [2.24, 2.45) is 5.73 Å². The van der Waals surface area contributed by atoms with Crippen molar-refractivity contribution in [3.63, 3.8) is 0 Å². The van der Waals surface area contributed by atoms with E-state index in [9.17, 15) is 5.11 Å². The van der Waals surface area contributed by atoms with Gasteiger partial charge in [-0.2, -0.15) is 0 Å². The highest BCUT2D eigenvalue weighted by molar-refractivity contribution is 5.35. The molecule has 2 heteroatoms. The van der Waals surface area contributed by atoms with Gasteiger partial charge >= 0.3 is 0 Å². The lowest BCUT2D eigenvalue weighted by molar-refractivity contribution is 0.147. The summed E-state index contributed by atoms with van der Waals surface area (Å²) in [5.41, 5.74) is 11.6. The molecule has 0 aliphatic heterocycles. The standard InChI is InChI=1S/C18H23NO/c1-12-5-4-6-16(9-12)18(20)17(11-19)15-8-7-13(2)14(3)10-15/h4-10,17-18,20H,11,19H2,1-3H3. The van der Waals surface area contributed by atoms with E-state index in [4.69, 9.17) is 5.73 Å². The van der Waals surface area contributed by atoms with Gasteiger partial charge in [-0.25, -0.2) is 0 Å². The van der Waals surface area contributed by atoms with Crippen LogP contribution in [-0.2, 0) is 0 Å². The SMILES string of the molecule is Cc1cccc(C(O)C(CN)c2ccc(C)c(C)c2)c1. The Balaban J connectivity index is 2.33. The molecule has 2 nitrogen and oxygen atoms in total. The lowest BCUT2D eigenvalue weighted by Crippen LogP contribution is -2.20. The van der Waals surface area contributed by atoms with Gasteiger partial charge in [-0.1, -0.05) is 48.0 Å². The number of aliphatic hydroxyl groups excluding tert-OH is 1. The molecule has 106 valence electrons. The number of hydrogen-bond donors (Lipinski definition) is 2. The highest BCUT2D eigenvalue weighted by Gasteiger charge is 2.21. The number of aryl methyl sites for hydroxylation is 3. The normalized spacial score (nSPS) is 14.1. The average molecular weight is 269 g/mol. The second-order valence-electron chi connectivity index (χ2n) is 5.54. The number of benzene rings is 2. The summed E-state index contributed by atoms with van der Waals surface area (Å²) in [5.74, 6) is -0.0731. The fraction of sp³-hybridized carbons (Fsp3) is 0.333. The predicted octanol–water partition coefficient (Wildman–Crippen LogP) is 3.39. The van der Waals surface area contributed by atoms with Crippen LogP contribution in [0.15, 0.2) is 42.5 Å². The van der Waals surface area contributed by atoms with Crippen LogP contribution < -0.4 is 5.73 Å². The molecule has 2 unspecified atom stereocenters. The van der Waals surface area contributed by atoms with E-state index in [0.29, 0.717) is 6.54 Å². The second kappa shape index (κ2) is 6.21. The van der Waals surface area contributed by atoms with Crippen LogP contribution in [0.1, 0.15) is 39.8 Å². The molecule has 0 aliphatic rings. The van der Waals surface area contributed by atoms with Gasteiger partial charge in [0, 0.05) is 12.5 Å². The number of aliphatic hydroxyl groups is 1. The van der Waals surface area contributed by atoms with Crippen molar-refractivity contribution in [3.05, 3.63) is 70.3 Å². The van der Waals surface area contributed by atoms with Gasteiger partial charge in [0.25, 0.3) is 0 Å². The summed E-state index contributed by atoms with van der Waals surface area (Å²) in [6.45, 7) is 6.64. The third kappa shape index (κ3) is 3.09. The van der Waals surface area contributed by atoms with E-state index in [2.05, 4.69) is 32.0 Å². The first-order valence-electron chi connectivity index (χ1n) is 7.04. The third-order valence-corrected chi connectivity index (χ3v) is 3.98. The summed E-state index contributed by atoms with van der Waals surface area (Å²) in [4.78, 5) is 0. The fourth-order valence-electron chi connectivity index (χ4n) is 2.53. The maximum absolute atomic E-state index is 10.6. The van der Waals surface area contributed by atoms with Gasteiger partial charge in [-0.3, -0.25) is 0 Å². The summed E-state index contributed by atoms with van der Waals surface area (Å²) in [6, 6.07) is 14.3. The summed E-state index contributed by atoms with van der Waals surface area (Å²) in [6.07, 6.45) is -0.568. The molecule has 0 fully saturated rings. The molecule has 0 saturated heterocycles. The maximum atomic E-state index is 10.6. The lowest BCUT2D eigenvalue weighted by Gasteiger charge is -2.23. The van der Waals surface area contributed by atoms with Gasteiger partial charge in [-0.15, -0.1) is 0 Å². The first-order valence-corrected chi connectivity index (χ1v) is 7.04. The number of rotatable bonds is 4. The van der Waals surface area contributed by atoms with Gasteiger partial charge in [-0.05, 0) is 43.0 Å². The van der Waals surface area contributed by atoms with Crippen LogP contribution in [0, 0.1) is 20.8 Å². The minimum absolute atomic E-state index is 0.0731. The molecule has 0 amide bonds. The van der Waals surface area contributed by atoms with E-state index < -0.39 is 6.10 Å². The molecule has 0 bridgehead atoms. The molecule has 2 aromatic rings. The molecular formula is C18H23NO. The minimum atomic E-state index is -0.568. The predicted molar refractivity (Wildman–Crippen MR) is 83.9 cm³/mol. The van der Waals surface area contributed by atoms with E-state index in [0.717, 1.165) is 16.7 Å². The monoisotopic (exact) mass is 269 g/mol. The Morgan fingerprint density at radius 2 is 1.70 bits per heavy atom. The Morgan fingerprint density at radius 3 is 2.30 bits per heavy atom. The molecule has 0 aromatic heterocycles. The van der Waals surface area contributed by atoms with E-state index in [1.54, 1.807) is 0 Å². The van der Waals surface area contributed by atoms with Crippen LogP contribution in [0.25, 0.3) is 0 Å². The van der Waals surface area contributed by atoms with Crippen LogP contribution in [-0.4, -0.2) is 11.7 Å². The zero-order valence-corrected chi connectivity index (χ0v) is 12.4. The molecule has 0 aliphatic carbocycles. The van der Waals surface area contributed by atoms with E-state index in [-0.39, 0.29) is 5.92 Å². The Labute approximate surface area is 121 Å². The minimum Gasteiger partial charge on any atom is -0.388 e. The molecule has 0 heterocycles. The van der Waals surface area contributed by atoms with Crippen molar-refractivity contribution in [2.75, 3.05) is 6.54 Å². The molecule has 0 saturated carbocycles. The summed E-state index contributed by atoms with van der Waals surface area (Å²) in [5, 5.41) is 10.6. The van der Waals surface area contributed by atoms with E-state index >= 15 is 0 Å². The van der Waals surface area contributed by atoms with Crippen molar-refractivity contribution in [2.45, 2.75) is 32.8 Å². The Morgan fingerprint density at radius 1 is 0.950 bits per heavy atom. The fourth-order valence-corrected chi connectivity index (χ4v) is 2.53. The van der Waals surface area contributed by atoms with Gasteiger partial charge in [0.05, 0.1) is 6.10 Å². The van der Waals surface area contributed by atoms with Crippen molar-refractivity contribution in [1.29, 1.82) is 0 Å². The van der Waals surface area contributed by atoms with E-state index in [1.165, 1.54) is 11.1 Å². The van der Waals surface area contributed by atoms with E-state index in [1.807, 2.05) is 31.2 Å². The van der Waals surface area contributed by atoms with Gasteiger partial charge in [0.1, 0.15) is 0 Å². The van der Waals surface area contributed by atoms with Crippen molar-refractivity contribution >= 4 is 0 Å². The molecule has 2 atom stereocenters. The maximum Gasteiger partial charge on any atom is 0.0870 e. The third-order valence-electron chi connectivity index (χ3n) is 3.98. The molecule has 2 aromatic carbocycles. The van der Waals surface area contributed by atoms with Crippen LogP contribution in [0.3, 0.4) is 0 Å². The van der Waals surface area contributed by atoms with Gasteiger partial charge in [0.15, 0.2) is 0 Å². The lowest BCUT2D eigenvalue weighted by atomic mass is 9.87. The zero-order chi connectivity index (χ0) is 14.7. The van der Waals surface area contributed by atoms with Crippen molar-refractivity contribution in [3.8, 4) is 0 Å². The quantitative estimate of drug-likeness (QED) is 0.893. The van der Waals surface area contributed by atoms with Crippen LogP contribution in [0.4, 0.5) is 0 Å². The highest BCUT2D eigenvalue weighted by atomic mass is 16.3. The second-order valence-corrected chi connectivity index (χ2v) is 5.54. The Kier molecular flexibility index (Phi) is 4.58. The summed E-state index contributed by atoms with van der Waals surface area (Å²) in [7, 11) is 0. The van der Waals surface area contributed by atoms with Crippen LogP contribution >= 0.6 is 0 Å². The summed E-state index contributed by atoms with van der Waals surface area (Å²) < 4.78 is 0. The van der Waals surface area contributed by atoms with Crippen molar-refractivity contribution < 1.29 is 5.11 Å². The topological polar surface area (TPSA) is 46.2 Å². The van der Waals surface area contributed by atoms with Crippen LogP contribution in [0.2, 0.25) is 0 Å². The first-order chi connectivity index (χ1) is 9.52. The van der Waals surface area contributed by atoms with Gasteiger partial charge in [0.2, 0.25) is 0 Å². The highest BCUT2D eigenvalue weighted by Crippen LogP contribution is 2.31. The van der Waals surface area contributed by atoms with Crippen molar-refractivity contribution in [1.82, 2.24) is 0 Å². The number of hydrogen-bond acceptors (Lipinski definition) is 2. The molecule has 20 heavy (non-hydrogen) atoms. The molecule has 3 N–H and O–H groups in total. The van der Waals surface area contributed by atoms with Gasteiger partial charge < -0.3 is 10.8 Å². The Bertz CT molecular complexity index is 592. The largest absolute Gasteiger partial charge is 0.388 e. The first kappa shape index (κ1) is 14.8. The molecular weight excluding hydrogens is 246 g/mol. The summed E-state index contributed by atoms with van der Waals surface area (Å²) >= 11 is 0. The molecule has 2 rings (SSSR count). The Hall–Kier alpha value is -1.64. The zero-order valence-electron chi connectivity index (χ0n) is 12.4. The molecule has 0 spiro atoms.